The van der Waals surface area contributed by atoms with Gasteiger partial charge in [0.2, 0.25) is 5.60 Å². The smallest absolute Gasteiger partial charge is 0.267 e. The maximum atomic E-state index is 12.5. The predicted molar refractivity (Wildman–Crippen MR) is 85.6 cm³/mol. The third kappa shape index (κ3) is 3.32. The molecule has 0 aliphatic carbocycles. The molecule has 0 saturated carbocycles. The molecule has 2 aliphatic rings. The van der Waals surface area contributed by atoms with Gasteiger partial charge in [-0.1, -0.05) is 17.3 Å². The molecule has 1 aromatic rings. The summed E-state index contributed by atoms with van der Waals surface area (Å²) in [7, 11) is 1.61. The second kappa shape index (κ2) is 6.58. The number of para-hydroxylation sites is 1. The monoisotopic (exact) mass is 318 g/mol. The van der Waals surface area contributed by atoms with Crippen molar-refractivity contribution in [3.63, 3.8) is 0 Å². The zero-order valence-electron chi connectivity index (χ0n) is 13.5. The fourth-order valence-electron chi connectivity index (χ4n) is 2.89. The highest BCUT2D eigenvalue weighted by atomic mass is 16.7. The number of nitrogens with one attached hydrogen (secondary N) is 1. The van der Waals surface area contributed by atoms with Crippen molar-refractivity contribution >= 4 is 11.6 Å². The SMILES string of the molecule is COc1ccccc1C1=NO[C@](C)(C(=O)NC[C@H]2CCCO2)C1. The number of carbonyl (C=O) groups excluding carboxylic acids is 1. The molecule has 3 rings (SSSR count). The summed E-state index contributed by atoms with van der Waals surface area (Å²) in [6.45, 7) is 3.04. The van der Waals surface area contributed by atoms with E-state index in [4.69, 9.17) is 14.3 Å². The first-order valence-electron chi connectivity index (χ1n) is 7.91. The number of hydrogen-bond acceptors (Lipinski definition) is 5. The summed E-state index contributed by atoms with van der Waals surface area (Å²) >= 11 is 0. The molecular formula is C17H22N2O4. The first-order chi connectivity index (χ1) is 11.1. The molecule has 2 heterocycles. The van der Waals surface area contributed by atoms with Crippen molar-refractivity contribution in [1.82, 2.24) is 5.32 Å². The lowest BCUT2D eigenvalue weighted by atomic mass is 9.94. The summed E-state index contributed by atoms with van der Waals surface area (Å²) in [5.41, 5.74) is 0.581. The molecule has 6 nitrogen and oxygen atoms in total. The van der Waals surface area contributed by atoms with E-state index in [2.05, 4.69) is 10.5 Å². The quantitative estimate of drug-likeness (QED) is 0.900. The molecule has 1 amide bonds. The van der Waals surface area contributed by atoms with Gasteiger partial charge in [-0.05, 0) is 31.9 Å². The van der Waals surface area contributed by atoms with Crippen molar-refractivity contribution in [1.29, 1.82) is 0 Å². The highest BCUT2D eigenvalue weighted by Gasteiger charge is 2.42. The van der Waals surface area contributed by atoms with Crippen LogP contribution in [0.15, 0.2) is 29.4 Å². The Bertz CT molecular complexity index is 610. The van der Waals surface area contributed by atoms with Gasteiger partial charge < -0.3 is 19.6 Å². The molecule has 1 saturated heterocycles. The number of amides is 1. The van der Waals surface area contributed by atoms with Crippen LogP contribution in [-0.4, -0.2) is 43.6 Å². The van der Waals surface area contributed by atoms with E-state index in [0.717, 1.165) is 36.5 Å². The Morgan fingerprint density at radius 3 is 3.04 bits per heavy atom. The molecular weight excluding hydrogens is 296 g/mol. The van der Waals surface area contributed by atoms with Crippen LogP contribution in [0.1, 0.15) is 31.7 Å². The van der Waals surface area contributed by atoms with Gasteiger partial charge in [0.15, 0.2) is 0 Å². The van der Waals surface area contributed by atoms with E-state index in [0.29, 0.717) is 13.0 Å². The molecule has 0 bridgehead atoms. The van der Waals surface area contributed by atoms with Crippen LogP contribution in [0.25, 0.3) is 0 Å². The van der Waals surface area contributed by atoms with E-state index in [1.165, 1.54) is 0 Å². The molecule has 23 heavy (non-hydrogen) atoms. The molecule has 1 N–H and O–H groups in total. The maximum absolute atomic E-state index is 12.5. The van der Waals surface area contributed by atoms with Crippen molar-refractivity contribution in [2.45, 2.75) is 37.9 Å². The lowest BCUT2D eigenvalue weighted by Gasteiger charge is -2.21. The number of rotatable bonds is 5. The van der Waals surface area contributed by atoms with Crippen LogP contribution in [0.4, 0.5) is 0 Å². The van der Waals surface area contributed by atoms with Gasteiger partial charge in [-0.15, -0.1) is 0 Å². The maximum Gasteiger partial charge on any atom is 0.267 e. The van der Waals surface area contributed by atoms with Crippen molar-refractivity contribution < 1.29 is 19.1 Å². The van der Waals surface area contributed by atoms with E-state index in [-0.39, 0.29) is 12.0 Å². The Morgan fingerprint density at radius 1 is 1.48 bits per heavy atom. The summed E-state index contributed by atoms with van der Waals surface area (Å²) in [6.07, 6.45) is 2.56. The largest absolute Gasteiger partial charge is 0.496 e. The van der Waals surface area contributed by atoms with Crippen LogP contribution in [0.5, 0.6) is 5.75 Å². The van der Waals surface area contributed by atoms with Crippen LogP contribution >= 0.6 is 0 Å². The number of nitrogens with zero attached hydrogens (tertiary/aromatic N) is 1. The van der Waals surface area contributed by atoms with Crippen LogP contribution in [0, 0.1) is 0 Å². The third-order valence-corrected chi connectivity index (χ3v) is 4.27. The average Bonchev–Trinajstić information content (AvgIpc) is 3.23. The van der Waals surface area contributed by atoms with Gasteiger partial charge in [-0.25, -0.2) is 0 Å². The van der Waals surface area contributed by atoms with Gasteiger partial charge >= 0.3 is 0 Å². The molecule has 0 unspecified atom stereocenters. The molecule has 2 aliphatic heterocycles. The first-order valence-corrected chi connectivity index (χ1v) is 7.91. The second-order valence-electron chi connectivity index (χ2n) is 6.08. The molecule has 124 valence electrons. The molecule has 6 heteroatoms. The van der Waals surface area contributed by atoms with E-state index >= 15 is 0 Å². The van der Waals surface area contributed by atoms with E-state index in [9.17, 15) is 4.79 Å². The van der Waals surface area contributed by atoms with Crippen molar-refractivity contribution in [3.8, 4) is 5.75 Å². The number of benzene rings is 1. The highest BCUT2D eigenvalue weighted by molar-refractivity contribution is 6.07. The Morgan fingerprint density at radius 2 is 2.30 bits per heavy atom. The zero-order chi connectivity index (χ0) is 16.3. The Hall–Kier alpha value is -2.08. The minimum Gasteiger partial charge on any atom is -0.496 e. The number of methoxy groups -OCH3 is 1. The second-order valence-corrected chi connectivity index (χ2v) is 6.08. The number of ether oxygens (including phenoxy) is 2. The fourth-order valence-corrected chi connectivity index (χ4v) is 2.89. The summed E-state index contributed by atoms with van der Waals surface area (Å²) in [5.74, 6) is 0.556. The lowest BCUT2D eigenvalue weighted by molar-refractivity contribution is -0.142. The van der Waals surface area contributed by atoms with Gasteiger partial charge in [-0.2, -0.15) is 0 Å². The van der Waals surface area contributed by atoms with E-state index in [1.54, 1.807) is 14.0 Å². The highest BCUT2D eigenvalue weighted by Crippen LogP contribution is 2.30. The van der Waals surface area contributed by atoms with Gasteiger partial charge in [0.1, 0.15) is 5.75 Å². The summed E-state index contributed by atoms with van der Waals surface area (Å²) < 4.78 is 10.9. The van der Waals surface area contributed by atoms with Gasteiger partial charge in [-0.3, -0.25) is 4.79 Å². The topological polar surface area (TPSA) is 69.2 Å². The molecule has 1 fully saturated rings. The molecule has 0 radical (unpaired) electrons. The van der Waals surface area contributed by atoms with Crippen molar-refractivity contribution in [3.05, 3.63) is 29.8 Å². The minimum atomic E-state index is -0.991. The zero-order valence-corrected chi connectivity index (χ0v) is 13.5. The Kier molecular flexibility index (Phi) is 4.52. The average molecular weight is 318 g/mol. The molecule has 0 aromatic heterocycles. The number of carbonyl (C=O) groups is 1. The van der Waals surface area contributed by atoms with Crippen LogP contribution in [0.2, 0.25) is 0 Å². The minimum absolute atomic E-state index is 0.110. The molecule has 1 aromatic carbocycles. The normalized spacial score (nSPS) is 26.5. The van der Waals surface area contributed by atoms with Crippen molar-refractivity contribution in [2.75, 3.05) is 20.3 Å². The van der Waals surface area contributed by atoms with Crippen molar-refractivity contribution in [2.24, 2.45) is 5.16 Å². The van der Waals surface area contributed by atoms with Crippen LogP contribution in [0.3, 0.4) is 0 Å². The molecule has 0 spiro atoms. The van der Waals surface area contributed by atoms with Gasteiger partial charge in [0.05, 0.1) is 18.9 Å². The van der Waals surface area contributed by atoms with Gasteiger partial charge in [0.25, 0.3) is 5.91 Å². The van der Waals surface area contributed by atoms with Crippen LogP contribution in [-0.2, 0) is 14.4 Å². The van der Waals surface area contributed by atoms with E-state index < -0.39 is 5.60 Å². The summed E-state index contributed by atoms with van der Waals surface area (Å²) in [5, 5.41) is 7.03. The number of oxime groups is 1. The van der Waals surface area contributed by atoms with Crippen LogP contribution < -0.4 is 10.1 Å². The van der Waals surface area contributed by atoms with Gasteiger partial charge in [0, 0.05) is 25.1 Å². The standard InChI is InChI=1S/C17H22N2O4/c1-17(16(20)18-11-12-6-5-9-22-12)10-14(19-23-17)13-7-3-4-8-15(13)21-2/h3-4,7-8,12H,5-6,9-11H2,1-2H3,(H,18,20)/t12-,17+/m1/s1. The number of hydrogen-bond donors (Lipinski definition) is 1. The first kappa shape index (κ1) is 15.8. The Labute approximate surface area is 135 Å². The molecule has 2 atom stereocenters. The fraction of sp³-hybridized carbons (Fsp3) is 0.529. The lowest BCUT2D eigenvalue weighted by Crippen LogP contribution is -2.46. The Balaban J connectivity index is 1.63. The summed E-state index contributed by atoms with van der Waals surface area (Å²) in [6, 6.07) is 7.59. The van der Waals surface area contributed by atoms with E-state index in [1.807, 2.05) is 24.3 Å². The predicted octanol–water partition coefficient (Wildman–Crippen LogP) is 1.87. The summed E-state index contributed by atoms with van der Waals surface area (Å²) in [4.78, 5) is 17.9. The third-order valence-electron chi connectivity index (χ3n) is 4.27.